The molecule has 0 saturated heterocycles. The van der Waals surface area contributed by atoms with Gasteiger partial charge in [0.25, 0.3) is 0 Å². The summed E-state index contributed by atoms with van der Waals surface area (Å²) in [4.78, 5) is 4.05. The minimum Gasteiger partial charge on any atom is -0.289 e. The summed E-state index contributed by atoms with van der Waals surface area (Å²) in [7, 11) is -0.465. The van der Waals surface area contributed by atoms with E-state index in [1.54, 1.807) is 29.9 Å². The van der Waals surface area contributed by atoms with Crippen LogP contribution in [0.3, 0.4) is 0 Å². The van der Waals surface area contributed by atoms with Crippen molar-refractivity contribution in [1.29, 1.82) is 9.56 Å². The summed E-state index contributed by atoms with van der Waals surface area (Å²) < 4.78 is 16.6. The standard InChI is InChI=1S/C7H12N4S/c1-11(12(2,8)9)7-5-3-4-6-10-7/h3-6,8-9H,1-2H3. The van der Waals surface area contributed by atoms with Gasteiger partial charge in [-0.15, -0.1) is 0 Å². The smallest absolute Gasteiger partial charge is 0.139 e. The van der Waals surface area contributed by atoms with Gasteiger partial charge in [-0.1, -0.05) is 6.07 Å². The molecule has 0 atom stereocenters. The molecule has 5 heteroatoms. The maximum atomic E-state index is 7.51. The monoisotopic (exact) mass is 184 g/mol. The Hall–Kier alpha value is -1.10. The van der Waals surface area contributed by atoms with Gasteiger partial charge in [0.05, 0.1) is 0 Å². The van der Waals surface area contributed by atoms with Gasteiger partial charge in [-0.2, -0.15) is 0 Å². The van der Waals surface area contributed by atoms with Crippen LogP contribution in [0.25, 0.3) is 0 Å². The highest BCUT2D eigenvalue weighted by Gasteiger charge is 2.04. The van der Waals surface area contributed by atoms with Gasteiger partial charge < -0.3 is 0 Å². The van der Waals surface area contributed by atoms with E-state index in [1.165, 1.54) is 0 Å². The third kappa shape index (κ3) is 1.94. The van der Waals surface area contributed by atoms with E-state index in [0.29, 0.717) is 5.82 Å². The number of aromatic nitrogens is 1. The molecule has 0 unspecified atom stereocenters. The average Bonchev–Trinajstić information content (AvgIpc) is 2.03. The highest BCUT2D eigenvalue weighted by molar-refractivity contribution is 7.94. The van der Waals surface area contributed by atoms with Gasteiger partial charge in [-0.25, -0.2) is 4.98 Å². The minimum absolute atomic E-state index is 0.681. The number of nitrogens with zero attached hydrogens (tertiary/aromatic N) is 2. The predicted molar refractivity (Wildman–Crippen MR) is 51.4 cm³/mol. The van der Waals surface area contributed by atoms with E-state index < -0.39 is 9.81 Å². The first-order valence-corrected chi connectivity index (χ1v) is 5.44. The lowest BCUT2D eigenvalue weighted by atomic mass is 10.5. The summed E-state index contributed by atoms with van der Waals surface area (Å²) in [6.07, 6.45) is 3.25. The Kier molecular flexibility index (Phi) is 2.32. The lowest BCUT2D eigenvalue weighted by Crippen LogP contribution is -2.23. The molecule has 2 N–H and O–H groups in total. The largest absolute Gasteiger partial charge is 0.289 e. The Labute approximate surface area is 72.8 Å². The Morgan fingerprint density at radius 3 is 2.50 bits per heavy atom. The number of rotatable bonds is 2. The van der Waals surface area contributed by atoms with Crippen LogP contribution < -0.4 is 4.31 Å². The van der Waals surface area contributed by atoms with Gasteiger partial charge in [-0.3, -0.25) is 13.9 Å². The first-order valence-electron chi connectivity index (χ1n) is 3.44. The summed E-state index contributed by atoms with van der Waals surface area (Å²) >= 11 is 0. The molecule has 1 rings (SSSR count). The van der Waals surface area contributed by atoms with Crippen molar-refractivity contribution in [1.82, 2.24) is 4.98 Å². The van der Waals surface area contributed by atoms with Crippen molar-refractivity contribution >= 4 is 15.6 Å². The average molecular weight is 184 g/mol. The number of hydrogen-bond donors (Lipinski definition) is 2. The zero-order valence-corrected chi connectivity index (χ0v) is 7.93. The Morgan fingerprint density at radius 2 is 2.08 bits per heavy atom. The molecule has 1 heterocycles. The normalized spacial score (nSPS) is 11.2. The Balaban J connectivity index is 3.02. The second kappa shape index (κ2) is 3.10. The fraction of sp³-hybridized carbons (Fsp3) is 0.286. The van der Waals surface area contributed by atoms with Crippen molar-refractivity contribution in [2.75, 3.05) is 17.6 Å². The molecule has 4 nitrogen and oxygen atoms in total. The van der Waals surface area contributed by atoms with Gasteiger partial charge in [0, 0.05) is 29.3 Å². The van der Waals surface area contributed by atoms with Crippen LogP contribution in [-0.2, 0) is 9.81 Å². The molecule has 0 spiro atoms. The zero-order chi connectivity index (χ0) is 9.19. The van der Waals surface area contributed by atoms with Gasteiger partial charge in [-0.05, 0) is 12.1 Å². The van der Waals surface area contributed by atoms with E-state index in [0.717, 1.165) is 0 Å². The zero-order valence-electron chi connectivity index (χ0n) is 7.11. The lowest BCUT2D eigenvalue weighted by Gasteiger charge is -2.20. The highest BCUT2D eigenvalue weighted by atomic mass is 32.2. The second-order valence-corrected chi connectivity index (χ2v) is 4.86. The van der Waals surface area contributed by atoms with Gasteiger partial charge in [0.2, 0.25) is 0 Å². The topological polar surface area (TPSA) is 63.8 Å². The van der Waals surface area contributed by atoms with Crippen molar-refractivity contribution in [3.05, 3.63) is 24.4 Å². The Morgan fingerprint density at radius 1 is 1.42 bits per heavy atom. The lowest BCUT2D eigenvalue weighted by molar-refractivity contribution is 1.19. The van der Waals surface area contributed by atoms with Crippen molar-refractivity contribution in [2.24, 2.45) is 0 Å². The molecule has 1 aromatic heterocycles. The predicted octanol–water partition coefficient (Wildman–Crippen LogP) is 1.74. The SMILES string of the molecule is CN(c1ccccn1)S(C)(=N)=N. The van der Waals surface area contributed by atoms with Crippen LogP contribution in [0.15, 0.2) is 24.4 Å². The molecule has 1 aromatic rings. The van der Waals surface area contributed by atoms with Crippen LogP contribution in [0.2, 0.25) is 0 Å². The van der Waals surface area contributed by atoms with E-state index in [9.17, 15) is 0 Å². The van der Waals surface area contributed by atoms with Crippen LogP contribution >= 0.6 is 0 Å². The Bertz CT molecular complexity index is 343. The van der Waals surface area contributed by atoms with Crippen molar-refractivity contribution in [2.45, 2.75) is 0 Å². The van der Waals surface area contributed by atoms with E-state index in [-0.39, 0.29) is 0 Å². The second-order valence-electron chi connectivity index (χ2n) is 2.56. The third-order valence-corrected chi connectivity index (χ3v) is 2.80. The minimum atomic E-state index is -2.19. The van der Waals surface area contributed by atoms with Crippen LogP contribution in [-0.4, -0.2) is 18.3 Å². The molecule has 0 aliphatic heterocycles. The number of pyridine rings is 1. The molecule has 0 radical (unpaired) electrons. The van der Waals surface area contributed by atoms with Crippen molar-refractivity contribution < 1.29 is 0 Å². The first kappa shape index (κ1) is 8.99. The number of anilines is 1. The summed E-state index contributed by atoms with van der Waals surface area (Å²) in [6, 6.07) is 5.47. The molecular formula is C7H12N4S. The molecule has 0 fully saturated rings. The maximum Gasteiger partial charge on any atom is 0.139 e. The quantitative estimate of drug-likeness (QED) is 0.735. The number of hydrogen-bond acceptors (Lipinski definition) is 3. The van der Waals surface area contributed by atoms with Crippen LogP contribution in [0.1, 0.15) is 0 Å². The maximum absolute atomic E-state index is 7.51. The fourth-order valence-corrected chi connectivity index (χ4v) is 1.21. The van der Waals surface area contributed by atoms with Crippen molar-refractivity contribution in [3.8, 4) is 0 Å². The molecule has 0 aromatic carbocycles. The third-order valence-electron chi connectivity index (χ3n) is 1.52. The van der Waals surface area contributed by atoms with Crippen LogP contribution in [0.5, 0.6) is 0 Å². The molecule has 0 amide bonds. The molecule has 0 saturated carbocycles. The van der Waals surface area contributed by atoms with E-state index in [4.69, 9.17) is 9.56 Å². The summed E-state index contributed by atoms with van der Waals surface area (Å²) in [5.41, 5.74) is 0. The molecule has 0 aliphatic rings. The van der Waals surface area contributed by atoms with Crippen LogP contribution in [0.4, 0.5) is 5.82 Å². The summed E-state index contributed by atoms with van der Waals surface area (Å²) in [5, 5.41) is 0. The molecule has 0 aliphatic carbocycles. The molecule has 12 heavy (non-hydrogen) atoms. The highest BCUT2D eigenvalue weighted by Crippen LogP contribution is 2.10. The molecule has 0 bridgehead atoms. The van der Waals surface area contributed by atoms with Crippen molar-refractivity contribution in [3.63, 3.8) is 0 Å². The summed E-state index contributed by atoms with van der Waals surface area (Å²) in [6.45, 7) is 0. The van der Waals surface area contributed by atoms with Gasteiger partial charge >= 0.3 is 0 Å². The van der Waals surface area contributed by atoms with Gasteiger partial charge in [0.15, 0.2) is 0 Å². The summed E-state index contributed by atoms with van der Waals surface area (Å²) in [5.74, 6) is 0.681. The van der Waals surface area contributed by atoms with Gasteiger partial charge in [0.1, 0.15) is 5.82 Å². The van der Waals surface area contributed by atoms with Crippen LogP contribution in [0, 0.1) is 9.56 Å². The van der Waals surface area contributed by atoms with E-state index in [1.807, 2.05) is 12.1 Å². The molecule has 66 valence electrons. The number of nitrogens with one attached hydrogen (secondary N) is 2. The van der Waals surface area contributed by atoms with E-state index in [2.05, 4.69) is 4.98 Å². The fourth-order valence-electron chi connectivity index (χ4n) is 0.727. The molecular weight excluding hydrogens is 172 g/mol. The van der Waals surface area contributed by atoms with E-state index >= 15 is 0 Å². The first-order chi connectivity index (χ1) is 5.52.